The molecule has 1 aromatic carbocycles. The van der Waals surface area contributed by atoms with Crippen molar-refractivity contribution in [3.05, 3.63) is 24.0 Å². The smallest absolute Gasteiger partial charge is 0.243 e. The summed E-state index contributed by atoms with van der Waals surface area (Å²) in [4.78, 5) is 5.29. The van der Waals surface area contributed by atoms with Crippen LogP contribution in [0, 0.1) is 11.8 Å². The van der Waals surface area contributed by atoms with Crippen LogP contribution >= 0.6 is 0 Å². The Labute approximate surface area is 180 Å². The van der Waals surface area contributed by atoms with Crippen molar-refractivity contribution >= 4 is 21.1 Å². The minimum Gasteiger partial charge on any atom is -0.381 e. The number of aromatic nitrogens is 2. The fraction of sp³-hybridized carbons (Fsp3) is 0.696. The monoisotopic (exact) mass is 433 g/mol. The molecule has 1 unspecified atom stereocenters. The molecule has 30 heavy (non-hydrogen) atoms. The lowest BCUT2D eigenvalue weighted by Gasteiger charge is -2.30. The van der Waals surface area contributed by atoms with Crippen molar-refractivity contribution in [2.75, 3.05) is 26.3 Å². The summed E-state index contributed by atoms with van der Waals surface area (Å²) in [5, 5.41) is 0. The van der Waals surface area contributed by atoms with E-state index in [4.69, 9.17) is 9.72 Å². The molecule has 1 aromatic heterocycles. The summed E-state index contributed by atoms with van der Waals surface area (Å²) in [5.41, 5.74) is 1.68. The number of ether oxygens (including phenoxy) is 1. The third kappa shape index (κ3) is 4.30. The van der Waals surface area contributed by atoms with Crippen LogP contribution in [0.3, 0.4) is 0 Å². The molecule has 0 spiro atoms. The molecule has 2 saturated heterocycles. The predicted molar refractivity (Wildman–Crippen MR) is 119 cm³/mol. The van der Waals surface area contributed by atoms with E-state index in [2.05, 4.69) is 32.3 Å². The van der Waals surface area contributed by atoms with Gasteiger partial charge in [-0.05, 0) is 55.7 Å². The molecule has 166 valence electrons. The lowest BCUT2D eigenvalue weighted by molar-refractivity contribution is 0.0611. The number of fused-ring (bicyclic) bond motifs is 1. The van der Waals surface area contributed by atoms with Crippen LogP contribution in [-0.4, -0.2) is 48.6 Å². The number of sulfonamides is 1. The van der Waals surface area contributed by atoms with Gasteiger partial charge in [0, 0.05) is 38.3 Å². The Morgan fingerprint density at radius 1 is 1.17 bits per heavy atom. The first kappa shape index (κ1) is 21.8. The SMILES string of the molecule is CC1CCCN(S(=O)(=O)c2ccc3c(c2)nc(C(C)(C)C)n3CC2CCOCC2)C1. The molecule has 0 saturated carbocycles. The van der Waals surface area contributed by atoms with Gasteiger partial charge in [-0.2, -0.15) is 4.31 Å². The van der Waals surface area contributed by atoms with E-state index in [-0.39, 0.29) is 5.41 Å². The highest BCUT2D eigenvalue weighted by atomic mass is 32.2. The second kappa shape index (κ2) is 8.24. The second-order valence-corrected chi connectivity index (χ2v) is 12.1. The van der Waals surface area contributed by atoms with Crippen molar-refractivity contribution in [1.29, 1.82) is 0 Å². The van der Waals surface area contributed by atoms with Gasteiger partial charge in [-0.3, -0.25) is 0 Å². The molecule has 0 bridgehead atoms. The molecule has 2 fully saturated rings. The zero-order chi connectivity index (χ0) is 21.5. The van der Waals surface area contributed by atoms with Crippen molar-refractivity contribution in [3.63, 3.8) is 0 Å². The van der Waals surface area contributed by atoms with Gasteiger partial charge in [-0.1, -0.05) is 27.7 Å². The minimum atomic E-state index is -3.49. The zero-order valence-electron chi connectivity index (χ0n) is 18.7. The van der Waals surface area contributed by atoms with Crippen LogP contribution in [0.5, 0.6) is 0 Å². The van der Waals surface area contributed by atoms with E-state index in [0.29, 0.717) is 29.8 Å². The van der Waals surface area contributed by atoms with Crippen molar-refractivity contribution < 1.29 is 13.2 Å². The van der Waals surface area contributed by atoms with E-state index < -0.39 is 10.0 Å². The Balaban J connectivity index is 1.72. The first-order chi connectivity index (χ1) is 14.2. The topological polar surface area (TPSA) is 64.4 Å². The van der Waals surface area contributed by atoms with Crippen molar-refractivity contribution in [3.8, 4) is 0 Å². The summed E-state index contributed by atoms with van der Waals surface area (Å²) in [5.74, 6) is 1.99. The average Bonchev–Trinajstić information content (AvgIpc) is 3.07. The molecule has 0 radical (unpaired) electrons. The number of hydrogen-bond donors (Lipinski definition) is 0. The highest BCUT2D eigenvalue weighted by Gasteiger charge is 2.30. The highest BCUT2D eigenvalue weighted by molar-refractivity contribution is 7.89. The maximum absolute atomic E-state index is 13.3. The molecule has 2 aliphatic heterocycles. The largest absolute Gasteiger partial charge is 0.381 e. The summed E-state index contributed by atoms with van der Waals surface area (Å²) >= 11 is 0. The van der Waals surface area contributed by atoms with Crippen LogP contribution in [0.2, 0.25) is 0 Å². The Bertz CT molecular complexity index is 1000. The van der Waals surface area contributed by atoms with Crippen LogP contribution in [-0.2, 0) is 26.7 Å². The standard InChI is InChI=1S/C23H35N3O3S/c1-17-6-5-11-25(15-17)30(27,28)19-7-8-21-20(14-19)24-22(23(2,3)4)26(21)16-18-9-12-29-13-10-18/h7-8,14,17-18H,5-6,9-13,15-16H2,1-4H3. The van der Waals surface area contributed by atoms with Gasteiger partial charge in [-0.25, -0.2) is 13.4 Å². The Morgan fingerprint density at radius 2 is 1.90 bits per heavy atom. The summed E-state index contributed by atoms with van der Waals surface area (Å²) in [7, 11) is -3.49. The van der Waals surface area contributed by atoms with Gasteiger partial charge in [0.05, 0.1) is 15.9 Å². The molecule has 0 aliphatic carbocycles. The summed E-state index contributed by atoms with van der Waals surface area (Å²) in [6.07, 6.45) is 4.14. The highest BCUT2D eigenvalue weighted by Crippen LogP contribution is 2.31. The van der Waals surface area contributed by atoms with Crippen molar-refractivity contribution in [1.82, 2.24) is 13.9 Å². The number of imidazole rings is 1. The van der Waals surface area contributed by atoms with E-state index in [0.717, 1.165) is 62.3 Å². The predicted octanol–water partition coefficient (Wildman–Crippen LogP) is 4.18. The van der Waals surface area contributed by atoms with E-state index in [1.807, 2.05) is 6.07 Å². The van der Waals surface area contributed by atoms with E-state index >= 15 is 0 Å². The lowest BCUT2D eigenvalue weighted by atomic mass is 9.94. The van der Waals surface area contributed by atoms with Gasteiger partial charge in [0.15, 0.2) is 0 Å². The fourth-order valence-corrected chi connectivity index (χ4v) is 6.35. The first-order valence-corrected chi connectivity index (χ1v) is 12.7. The van der Waals surface area contributed by atoms with Crippen LogP contribution in [0.1, 0.15) is 59.2 Å². The van der Waals surface area contributed by atoms with Crippen molar-refractivity contribution in [2.24, 2.45) is 11.8 Å². The summed E-state index contributed by atoms with van der Waals surface area (Å²) in [6, 6.07) is 5.50. The van der Waals surface area contributed by atoms with E-state index in [1.165, 1.54) is 0 Å². The number of rotatable bonds is 4. The van der Waals surface area contributed by atoms with Gasteiger partial charge in [0.25, 0.3) is 0 Å². The fourth-order valence-electron chi connectivity index (χ4n) is 4.73. The molecule has 2 aromatic rings. The zero-order valence-corrected chi connectivity index (χ0v) is 19.5. The molecule has 0 amide bonds. The number of benzene rings is 1. The molecule has 6 nitrogen and oxygen atoms in total. The quantitative estimate of drug-likeness (QED) is 0.726. The van der Waals surface area contributed by atoms with Gasteiger partial charge in [-0.15, -0.1) is 0 Å². The maximum atomic E-state index is 13.3. The van der Waals surface area contributed by atoms with E-state index in [9.17, 15) is 8.42 Å². The number of nitrogens with zero attached hydrogens (tertiary/aromatic N) is 3. The molecule has 1 atom stereocenters. The number of hydrogen-bond acceptors (Lipinski definition) is 4. The van der Waals surface area contributed by atoms with Gasteiger partial charge >= 0.3 is 0 Å². The second-order valence-electron chi connectivity index (χ2n) is 10.1. The van der Waals surface area contributed by atoms with Crippen LogP contribution < -0.4 is 0 Å². The van der Waals surface area contributed by atoms with E-state index in [1.54, 1.807) is 16.4 Å². The van der Waals surface area contributed by atoms with Gasteiger partial charge in [0.2, 0.25) is 10.0 Å². The normalized spacial score (nSPS) is 22.6. The van der Waals surface area contributed by atoms with Crippen LogP contribution in [0.25, 0.3) is 11.0 Å². The molecule has 7 heteroatoms. The third-order valence-corrected chi connectivity index (χ3v) is 8.29. The van der Waals surface area contributed by atoms with Gasteiger partial charge < -0.3 is 9.30 Å². The number of piperidine rings is 1. The third-order valence-electron chi connectivity index (χ3n) is 6.43. The Kier molecular flexibility index (Phi) is 5.99. The first-order valence-electron chi connectivity index (χ1n) is 11.2. The summed E-state index contributed by atoms with van der Waals surface area (Å²) < 4.78 is 36.0. The Hall–Kier alpha value is -1.44. The minimum absolute atomic E-state index is 0.120. The molecular weight excluding hydrogens is 398 g/mol. The Morgan fingerprint density at radius 3 is 2.57 bits per heavy atom. The summed E-state index contributed by atoms with van der Waals surface area (Å²) in [6.45, 7) is 12.4. The van der Waals surface area contributed by atoms with Gasteiger partial charge in [0.1, 0.15) is 5.82 Å². The lowest BCUT2D eigenvalue weighted by Crippen LogP contribution is -2.39. The molecular formula is C23H35N3O3S. The van der Waals surface area contributed by atoms with Crippen LogP contribution in [0.4, 0.5) is 0 Å². The average molecular weight is 434 g/mol. The molecule has 2 aliphatic rings. The molecule has 3 heterocycles. The van der Waals surface area contributed by atoms with Crippen LogP contribution in [0.15, 0.2) is 23.1 Å². The maximum Gasteiger partial charge on any atom is 0.243 e. The molecule has 0 N–H and O–H groups in total. The van der Waals surface area contributed by atoms with Crippen molar-refractivity contribution in [2.45, 2.75) is 70.2 Å². The molecule has 4 rings (SSSR count).